The maximum absolute atomic E-state index is 12.5. The molecule has 8 nitrogen and oxygen atoms in total. The molecule has 138 valence electrons. The highest BCUT2D eigenvalue weighted by Crippen LogP contribution is 2.28. The zero-order chi connectivity index (χ0) is 18.8. The highest BCUT2D eigenvalue weighted by Gasteiger charge is 2.23. The van der Waals surface area contributed by atoms with E-state index in [0.717, 1.165) is 17.6 Å². The van der Waals surface area contributed by atoms with E-state index in [2.05, 4.69) is 21.0 Å². The molecule has 2 heterocycles. The number of carbonyl (C=O) groups excluding carboxylic acids is 1. The molecule has 27 heavy (non-hydrogen) atoms. The highest BCUT2D eigenvalue weighted by atomic mass is 16.5. The summed E-state index contributed by atoms with van der Waals surface area (Å²) in [5, 5.41) is 19.9. The van der Waals surface area contributed by atoms with Crippen LogP contribution in [0.2, 0.25) is 0 Å². The molecule has 1 amide bonds. The van der Waals surface area contributed by atoms with Crippen LogP contribution in [0.4, 0.5) is 5.69 Å². The van der Waals surface area contributed by atoms with Gasteiger partial charge in [-0.25, -0.2) is 0 Å². The smallest absolute Gasteiger partial charge is 0.277 e. The summed E-state index contributed by atoms with van der Waals surface area (Å²) in [6.45, 7) is -0.108. The Bertz CT molecular complexity index is 974. The normalized spacial score (nSPS) is 17.6. The number of carbonyl (C=O) groups is 1. The lowest BCUT2D eigenvalue weighted by atomic mass is 9.95. The second kappa shape index (κ2) is 7.08. The van der Waals surface area contributed by atoms with Gasteiger partial charge in [0.15, 0.2) is 11.5 Å². The van der Waals surface area contributed by atoms with Gasteiger partial charge in [-0.15, -0.1) is 0 Å². The van der Waals surface area contributed by atoms with Gasteiger partial charge in [0.2, 0.25) is 0 Å². The number of aliphatic hydroxyl groups excluding tert-OH is 1. The molecule has 1 aromatic carbocycles. The average Bonchev–Trinajstić information content (AvgIpc) is 3.37. The number of ether oxygens (including phenoxy) is 1. The molecule has 4 rings (SSSR count). The number of rotatable bonds is 5. The van der Waals surface area contributed by atoms with Crippen molar-refractivity contribution in [1.29, 1.82) is 0 Å². The molecule has 1 aliphatic carbocycles. The topological polar surface area (TPSA) is 109 Å². The molecule has 2 aliphatic rings. The van der Waals surface area contributed by atoms with Crippen molar-refractivity contribution >= 4 is 23.4 Å². The molecule has 0 saturated carbocycles. The van der Waals surface area contributed by atoms with Crippen LogP contribution in [0.5, 0.6) is 5.75 Å². The molecule has 2 aromatic rings. The molecule has 0 saturated heterocycles. The van der Waals surface area contributed by atoms with Crippen molar-refractivity contribution in [2.75, 3.05) is 12.4 Å². The minimum absolute atomic E-state index is 0.108. The van der Waals surface area contributed by atoms with Gasteiger partial charge in [-0.05, 0) is 35.8 Å². The summed E-state index contributed by atoms with van der Waals surface area (Å²) in [5.41, 5.74) is 6.30. The Morgan fingerprint density at radius 1 is 1.44 bits per heavy atom. The van der Waals surface area contributed by atoms with Crippen molar-refractivity contribution in [2.24, 2.45) is 5.10 Å². The fourth-order valence-electron chi connectivity index (χ4n) is 2.99. The first-order valence-corrected chi connectivity index (χ1v) is 8.44. The highest BCUT2D eigenvalue weighted by molar-refractivity contribution is 6.04. The molecule has 8 heteroatoms. The molecule has 1 aromatic heterocycles. The predicted octanol–water partition coefficient (Wildman–Crippen LogP) is 2.10. The molecule has 1 aliphatic heterocycles. The summed E-state index contributed by atoms with van der Waals surface area (Å²) < 4.78 is 10.6. The SMILES string of the molecule is COc1cc(CO)ccc1NC(=O)c1cc(C2=CCC3NN=CC3=C2)on1. The zero-order valence-electron chi connectivity index (χ0n) is 14.6. The van der Waals surface area contributed by atoms with E-state index in [0.29, 0.717) is 22.8 Å². The Labute approximate surface area is 155 Å². The van der Waals surface area contributed by atoms with Crippen molar-refractivity contribution in [3.8, 4) is 5.75 Å². The minimum Gasteiger partial charge on any atom is -0.495 e. The third kappa shape index (κ3) is 3.34. The molecule has 0 fully saturated rings. The van der Waals surface area contributed by atoms with Gasteiger partial charge in [-0.1, -0.05) is 17.3 Å². The van der Waals surface area contributed by atoms with Gasteiger partial charge in [0, 0.05) is 11.6 Å². The lowest BCUT2D eigenvalue weighted by Gasteiger charge is -2.14. The predicted molar refractivity (Wildman–Crippen MR) is 99.5 cm³/mol. The van der Waals surface area contributed by atoms with Crippen LogP contribution >= 0.6 is 0 Å². The second-order valence-electron chi connectivity index (χ2n) is 6.20. The first kappa shape index (κ1) is 17.0. The molecule has 1 unspecified atom stereocenters. The van der Waals surface area contributed by atoms with E-state index in [1.807, 2.05) is 12.2 Å². The number of hydrogen-bond acceptors (Lipinski definition) is 7. The number of hydrogen-bond donors (Lipinski definition) is 3. The Balaban J connectivity index is 1.51. The quantitative estimate of drug-likeness (QED) is 0.748. The largest absolute Gasteiger partial charge is 0.495 e. The van der Waals surface area contributed by atoms with Crippen LogP contribution in [0, 0.1) is 0 Å². The van der Waals surface area contributed by atoms with Crippen molar-refractivity contribution in [3.63, 3.8) is 0 Å². The summed E-state index contributed by atoms with van der Waals surface area (Å²) in [6.07, 6.45) is 6.56. The van der Waals surface area contributed by atoms with Crippen LogP contribution in [0.1, 0.15) is 28.2 Å². The Hall–Kier alpha value is -3.39. The average molecular weight is 366 g/mol. The van der Waals surface area contributed by atoms with E-state index in [9.17, 15) is 9.90 Å². The molecule has 0 spiro atoms. The number of hydrazone groups is 1. The first-order valence-electron chi connectivity index (χ1n) is 8.44. The van der Waals surface area contributed by atoms with E-state index in [1.54, 1.807) is 30.5 Å². The Morgan fingerprint density at radius 2 is 2.33 bits per heavy atom. The Kier molecular flexibility index (Phi) is 4.47. The van der Waals surface area contributed by atoms with Crippen LogP contribution in [0.25, 0.3) is 5.57 Å². The number of amides is 1. The maximum atomic E-state index is 12.5. The molecule has 0 radical (unpaired) electrons. The number of nitrogens with one attached hydrogen (secondary N) is 2. The number of nitrogens with zero attached hydrogens (tertiary/aromatic N) is 2. The van der Waals surface area contributed by atoms with Crippen LogP contribution in [-0.2, 0) is 6.61 Å². The van der Waals surface area contributed by atoms with Gasteiger partial charge in [-0.2, -0.15) is 5.10 Å². The van der Waals surface area contributed by atoms with Crippen molar-refractivity contribution in [3.05, 3.63) is 59.0 Å². The van der Waals surface area contributed by atoms with E-state index >= 15 is 0 Å². The number of aromatic nitrogens is 1. The first-order chi connectivity index (χ1) is 13.2. The van der Waals surface area contributed by atoms with Gasteiger partial charge >= 0.3 is 0 Å². The Morgan fingerprint density at radius 3 is 3.15 bits per heavy atom. The number of benzene rings is 1. The fraction of sp³-hybridized carbons (Fsp3) is 0.211. The van der Waals surface area contributed by atoms with Gasteiger partial charge in [0.1, 0.15) is 5.75 Å². The summed E-state index contributed by atoms with van der Waals surface area (Å²) >= 11 is 0. The summed E-state index contributed by atoms with van der Waals surface area (Å²) in [7, 11) is 1.50. The maximum Gasteiger partial charge on any atom is 0.277 e. The van der Waals surface area contributed by atoms with E-state index in [4.69, 9.17) is 9.26 Å². The number of allylic oxidation sites excluding steroid dienone is 2. The van der Waals surface area contributed by atoms with Gasteiger partial charge in [0.05, 0.1) is 31.7 Å². The molecule has 3 N–H and O–H groups in total. The standard InChI is InChI=1S/C19H18N4O4/c1-26-18-6-11(10-24)2-4-15(18)21-19(25)16-8-17(27-23-16)12-3-5-14-13(7-12)9-20-22-14/h2-4,6-9,14,22,24H,5,10H2,1H3,(H,21,25). The van der Waals surface area contributed by atoms with Gasteiger partial charge in [0.25, 0.3) is 5.91 Å². The third-order valence-corrected chi connectivity index (χ3v) is 4.47. The van der Waals surface area contributed by atoms with Crippen LogP contribution in [-0.4, -0.2) is 35.5 Å². The monoisotopic (exact) mass is 366 g/mol. The number of methoxy groups -OCH3 is 1. The van der Waals surface area contributed by atoms with E-state index in [1.165, 1.54) is 7.11 Å². The number of aliphatic hydroxyl groups is 1. The molecular formula is C19H18N4O4. The van der Waals surface area contributed by atoms with Crippen LogP contribution in [0.3, 0.4) is 0 Å². The summed E-state index contributed by atoms with van der Waals surface area (Å²) in [5.74, 6) is 0.567. The van der Waals surface area contributed by atoms with Crippen molar-refractivity contribution in [2.45, 2.75) is 19.1 Å². The lowest BCUT2D eigenvalue weighted by molar-refractivity contribution is 0.101. The summed E-state index contributed by atoms with van der Waals surface area (Å²) in [6, 6.07) is 6.85. The summed E-state index contributed by atoms with van der Waals surface area (Å²) in [4.78, 5) is 12.5. The molecule has 1 atom stereocenters. The van der Waals surface area contributed by atoms with E-state index in [-0.39, 0.29) is 18.3 Å². The lowest BCUT2D eigenvalue weighted by Crippen LogP contribution is -2.22. The van der Waals surface area contributed by atoms with Gasteiger partial charge in [-0.3, -0.25) is 4.79 Å². The van der Waals surface area contributed by atoms with Crippen molar-refractivity contribution in [1.82, 2.24) is 10.6 Å². The third-order valence-electron chi connectivity index (χ3n) is 4.47. The zero-order valence-corrected chi connectivity index (χ0v) is 14.6. The minimum atomic E-state index is -0.411. The number of fused-ring (bicyclic) bond motifs is 1. The molecule has 0 bridgehead atoms. The molecular weight excluding hydrogens is 348 g/mol. The van der Waals surface area contributed by atoms with Gasteiger partial charge < -0.3 is 25.1 Å². The van der Waals surface area contributed by atoms with Crippen LogP contribution < -0.4 is 15.5 Å². The second-order valence-corrected chi connectivity index (χ2v) is 6.20. The van der Waals surface area contributed by atoms with E-state index < -0.39 is 5.91 Å². The van der Waals surface area contributed by atoms with Crippen LogP contribution in [0.15, 0.2) is 51.6 Å². The fourth-order valence-corrected chi connectivity index (χ4v) is 2.99. The van der Waals surface area contributed by atoms with Crippen molar-refractivity contribution < 1.29 is 19.2 Å². The number of anilines is 1.